The van der Waals surface area contributed by atoms with E-state index < -0.39 is 10.0 Å². The second-order valence-corrected chi connectivity index (χ2v) is 8.75. The number of para-hydroxylation sites is 2. The molecule has 0 fully saturated rings. The standard InChI is InChI=1S/C23H19N5O2S/c29-31(30,27-23-24-19-13-7-8-14-20(19)25-23)21-16-28(15-17-9-3-1-4-10-17)26-22(21)18-11-5-2-6-12-18/h1-14,16H,15H2,(H2,24,25,27). The fraction of sp³-hybridized carbons (Fsp3) is 0.0435. The van der Waals surface area contributed by atoms with Gasteiger partial charge in [-0.3, -0.25) is 4.68 Å². The van der Waals surface area contributed by atoms with E-state index in [-0.39, 0.29) is 10.8 Å². The lowest BCUT2D eigenvalue weighted by molar-refractivity contribution is 0.600. The van der Waals surface area contributed by atoms with E-state index in [0.717, 1.165) is 16.6 Å². The third kappa shape index (κ3) is 3.93. The average Bonchev–Trinajstić information content (AvgIpc) is 3.39. The second kappa shape index (κ2) is 7.73. The van der Waals surface area contributed by atoms with Crippen LogP contribution in [-0.4, -0.2) is 28.2 Å². The summed E-state index contributed by atoms with van der Waals surface area (Å²) in [6, 6.07) is 26.4. The van der Waals surface area contributed by atoms with Crippen LogP contribution in [0.3, 0.4) is 0 Å². The van der Waals surface area contributed by atoms with E-state index in [9.17, 15) is 8.42 Å². The van der Waals surface area contributed by atoms with Crippen LogP contribution in [0, 0.1) is 0 Å². The molecule has 0 unspecified atom stereocenters. The molecule has 7 nitrogen and oxygen atoms in total. The van der Waals surface area contributed by atoms with Crippen LogP contribution in [0.25, 0.3) is 22.3 Å². The van der Waals surface area contributed by atoms with Crippen molar-refractivity contribution in [3.05, 3.63) is 96.7 Å². The topological polar surface area (TPSA) is 92.7 Å². The minimum absolute atomic E-state index is 0.0927. The summed E-state index contributed by atoms with van der Waals surface area (Å²) >= 11 is 0. The largest absolute Gasteiger partial charge is 0.323 e. The quantitative estimate of drug-likeness (QED) is 0.421. The summed E-state index contributed by atoms with van der Waals surface area (Å²) < 4.78 is 30.8. The van der Waals surface area contributed by atoms with Gasteiger partial charge >= 0.3 is 0 Å². The van der Waals surface area contributed by atoms with Crippen molar-refractivity contribution in [3.8, 4) is 11.3 Å². The lowest BCUT2D eigenvalue weighted by atomic mass is 10.2. The highest BCUT2D eigenvalue weighted by molar-refractivity contribution is 7.92. The molecule has 0 spiro atoms. The Morgan fingerprint density at radius 1 is 0.871 bits per heavy atom. The smallest absolute Gasteiger partial charge is 0.267 e. The molecule has 0 saturated heterocycles. The summed E-state index contributed by atoms with van der Waals surface area (Å²) in [5, 5.41) is 4.59. The van der Waals surface area contributed by atoms with Gasteiger partial charge in [0.2, 0.25) is 5.95 Å². The molecule has 0 saturated carbocycles. The lowest BCUT2D eigenvalue weighted by Crippen LogP contribution is -2.14. The van der Waals surface area contributed by atoms with Crippen LogP contribution in [0.15, 0.2) is 96.0 Å². The molecule has 31 heavy (non-hydrogen) atoms. The van der Waals surface area contributed by atoms with Gasteiger partial charge in [-0.1, -0.05) is 72.8 Å². The number of anilines is 1. The van der Waals surface area contributed by atoms with Crippen LogP contribution in [0.5, 0.6) is 0 Å². The molecular weight excluding hydrogens is 410 g/mol. The molecule has 2 N–H and O–H groups in total. The fourth-order valence-corrected chi connectivity index (χ4v) is 4.57. The van der Waals surface area contributed by atoms with Gasteiger partial charge in [0.1, 0.15) is 10.6 Å². The summed E-state index contributed by atoms with van der Waals surface area (Å²) in [5.74, 6) is 0.163. The van der Waals surface area contributed by atoms with Crippen molar-refractivity contribution in [2.45, 2.75) is 11.4 Å². The number of imidazole rings is 1. The SMILES string of the molecule is O=S(=O)(Nc1nc2ccccc2[nH]1)c1cn(Cc2ccccc2)nc1-c1ccccc1. The number of benzene rings is 3. The minimum Gasteiger partial charge on any atom is -0.323 e. The van der Waals surface area contributed by atoms with Crippen LogP contribution in [0.1, 0.15) is 5.56 Å². The molecule has 0 radical (unpaired) electrons. The van der Waals surface area contributed by atoms with Crippen molar-refractivity contribution in [3.63, 3.8) is 0 Å². The van der Waals surface area contributed by atoms with Gasteiger partial charge in [0.15, 0.2) is 0 Å². The Kier molecular flexibility index (Phi) is 4.76. The van der Waals surface area contributed by atoms with Crippen LogP contribution < -0.4 is 4.72 Å². The summed E-state index contributed by atoms with van der Waals surface area (Å²) in [6.07, 6.45) is 1.56. The van der Waals surface area contributed by atoms with Gasteiger partial charge in [-0.15, -0.1) is 0 Å². The van der Waals surface area contributed by atoms with E-state index in [1.54, 1.807) is 10.9 Å². The Hall–Kier alpha value is -3.91. The zero-order chi connectivity index (χ0) is 21.3. The number of H-pyrrole nitrogens is 1. The maximum Gasteiger partial charge on any atom is 0.267 e. The molecule has 0 amide bonds. The predicted molar refractivity (Wildman–Crippen MR) is 120 cm³/mol. The van der Waals surface area contributed by atoms with Crippen LogP contribution in [0.2, 0.25) is 0 Å². The third-order valence-electron chi connectivity index (χ3n) is 4.87. The fourth-order valence-electron chi connectivity index (χ4n) is 3.43. The van der Waals surface area contributed by atoms with Crippen molar-refractivity contribution in [2.75, 3.05) is 4.72 Å². The Bertz CT molecular complexity index is 1410. The number of sulfonamides is 1. The predicted octanol–water partition coefficient (Wildman–Crippen LogP) is 4.28. The van der Waals surface area contributed by atoms with Crippen LogP contribution in [-0.2, 0) is 16.6 Å². The Labute approximate surface area is 179 Å². The van der Waals surface area contributed by atoms with Crippen molar-refractivity contribution in [1.29, 1.82) is 0 Å². The summed E-state index contributed by atoms with van der Waals surface area (Å²) in [4.78, 5) is 7.42. The van der Waals surface area contributed by atoms with Crippen LogP contribution in [0.4, 0.5) is 5.95 Å². The van der Waals surface area contributed by atoms with Gasteiger partial charge in [-0.2, -0.15) is 5.10 Å². The summed E-state index contributed by atoms with van der Waals surface area (Å²) in [7, 11) is -3.94. The Balaban J connectivity index is 1.55. The van der Waals surface area contributed by atoms with Crippen molar-refractivity contribution >= 4 is 27.0 Å². The first-order valence-electron chi connectivity index (χ1n) is 9.73. The molecule has 0 aliphatic rings. The molecule has 2 aromatic heterocycles. The van der Waals surface area contributed by atoms with Crippen molar-refractivity contribution in [2.24, 2.45) is 0 Å². The molecule has 0 aliphatic heterocycles. The van der Waals surface area contributed by atoms with Crippen LogP contribution >= 0.6 is 0 Å². The highest BCUT2D eigenvalue weighted by Gasteiger charge is 2.25. The van der Waals surface area contributed by atoms with E-state index in [0.29, 0.717) is 17.8 Å². The zero-order valence-electron chi connectivity index (χ0n) is 16.4. The molecule has 0 aliphatic carbocycles. The van der Waals surface area contributed by atoms with Crippen molar-refractivity contribution in [1.82, 2.24) is 19.7 Å². The van der Waals surface area contributed by atoms with E-state index in [2.05, 4.69) is 19.8 Å². The summed E-state index contributed by atoms with van der Waals surface area (Å²) in [5.41, 5.74) is 3.57. The van der Waals surface area contributed by atoms with E-state index >= 15 is 0 Å². The molecule has 5 aromatic rings. The highest BCUT2D eigenvalue weighted by atomic mass is 32.2. The normalized spacial score (nSPS) is 11.6. The third-order valence-corrected chi connectivity index (χ3v) is 6.21. The first kappa shape index (κ1) is 19.1. The highest BCUT2D eigenvalue weighted by Crippen LogP contribution is 2.28. The lowest BCUT2D eigenvalue weighted by Gasteiger charge is -2.05. The molecule has 8 heteroatoms. The van der Waals surface area contributed by atoms with E-state index in [4.69, 9.17) is 0 Å². The number of hydrogen-bond donors (Lipinski definition) is 2. The van der Waals surface area contributed by atoms with Crippen molar-refractivity contribution < 1.29 is 8.42 Å². The monoisotopic (exact) mass is 429 g/mol. The first-order chi connectivity index (χ1) is 15.1. The van der Waals surface area contributed by atoms with Gasteiger partial charge < -0.3 is 4.98 Å². The second-order valence-electron chi connectivity index (χ2n) is 7.10. The molecule has 0 atom stereocenters. The van der Waals surface area contributed by atoms with Gasteiger partial charge in [-0.25, -0.2) is 18.1 Å². The number of hydrogen-bond acceptors (Lipinski definition) is 4. The van der Waals surface area contributed by atoms with E-state index in [1.165, 1.54) is 0 Å². The number of rotatable bonds is 6. The number of nitrogens with one attached hydrogen (secondary N) is 2. The van der Waals surface area contributed by atoms with Gasteiger partial charge in [0.25, 0.3) is 10.0 Å². The first-order valence-corrected chi connectivity index (χ1v) is 11.2. The Morgan fingerprint density at radius 3 is 2.29 bits per heavy atom. The molecule has 2 heterocycles. The summed E-state index contributed by atoms with van der Waals surface area (Å²) in [6.45, 7) is 0.459. The Morgan fingerprint density at radius 2 is 1.55 bits per heavy atom. The number of aromatic nitrogens is 4. The number of nitrogens with zero attached hydrogens (tertiary/aromatic N) is 3. The maximum atomic E-state index is 13.3. The molecule has 0 bridgehead atoms. The minimum atomic E-state index is -3.94. The van der Waals surface area contributed by atoms with E-state index in [1.807, 2.05) is 84.9 Å². The zero-order valence-corrected chi connectivity index (χ0v) is 17.3. The molecular formula is C23H19N5O2S. The van der Waals surface area contributed by atoms with Gasteiger partial charge in [0, 0.05) is 11.8 Å². The average molecular weight is 430 g/mol. The van der Waals surface area contributed by atoms with Gasteiger partial charge in [0.05, 0.1) is 17.6 Å². The molecule has 3 aromatic carbocycles. The molecule has 154 valence electrons. The number of fused-ring (bicyclic) bond motifs is 1. The maximum absolute atomic E-state index is 13.3. The molecule has 5 rings (SSSR count). The van der Waals surface area contributed by atoms with Gasteiger partial charge in [-0.05, 0) is 17.7 Å². The number of aromatic amines is 1.